The number of hydrogen-bond donors (Lipinski definition) is 4. The molecule has 2 aromatic carbocycles. The van der Waals surface area contributed by atoms with Gasteiger partial charge in [0.15, 0.2) is 0 Å². The third-order valence-corrected chi connectivity index (χ3v) is 12.7. The molecule has 3 fully saturated rings. The lowest BCUT2D eigenvalue weighted by Gasteiger charge is -2.34. The molecular formula is C44H53FN8O8. The van der Waals surface area contributed by atoms with Crippen LogP contribution in [0, 0.1) is 17.7 Å². The van der Waals surface area contributed by atoms with Crippen LogP contribution in [0.5, 0.6) is 11.5 Å². The van der Waals surface area contributed by atoms with Crippen molar-refractivity contribution in [2.24, 2.45) is 11.8 Å². The quantitative estimate of drug-likeness (QED) is 0.113. The Kier molecular flexibility index (Phi) is 12.3. The third-order valence-electron chi connectivity index (χ3n) is 12.7. The van der Waals surface area contributed by atoms with Gasteiger partial charge < -0.3 is 49.3 Å². The normalized spacial score (nSPS) is 20.2. The first-order valence-electron chi connectivity index (χ1n) is 21.2. The monoisotopic (exact) mass is 840 g/mol. The van der Waals surface area contributed by atoms with Crippen molar-refractivity contribution >= 4 is 24.0 Å². The number of carbonyl (C=O) groups is 4. The van der Waals surface area contributed by atoms with Crippen molar-refractivity contribution in [3.63, 3.8) is 0 Å². The highest BCUT2D eigenvalue weighted by atomic mass is 19.1. The topological polar surface area (TPSA) is 193 Å². The molecule has 4 aromatic rings. The molecule has 0 saturated carbocycles. The summed E-state index contributed by atoms with van der Waals surface area (Å²) >= 11 is 0. The number of benzene rings is 2. The fourth-order valence-corrected chi connectivity index (χ4v) is 9.11. The van der Waals surface area contributed by atoms with Gasteiger partial charge in [-0.15, -0.1) is 0 Å². The molecule has 0 radical (unpaired) electrons. The fourth-order valence-electron chi connectivity index (χ4n) is 9.11. The number of H-pyrrole nitrogens is 2. The van der Waals surface area contributed by atoms with E-state index in [-0.39, 0.29) is 35.7 Å². The largest absolute Gasteiger partial charge is 0.457 e. The van der Waals surface area contributed by atoms with E-state index in [0.717, 1.165) is 36.1 Å². The maximum absolute atomic E-state index is 15.9. The number of amides is 4. The Morgan fingerprint density at radius 2 is 1.46 bits per heavy atom. The van der Waals surface area contributed by atoms with E-state index in [0.29, 0.717) is 98.4 Å². The van der Waals surface area contributed by atoms with Gasteiger partial charge in [0.1, 0.15) is 41.0 Å². The molecule has 3 saturated heterocycles. The van der Waals surface area contributed by atoms with Gasteiger partial charge >= 0.3 is 12.2 Å². The van der Waals surface area contributed by atoms with E-state index in [4.69, 9.17) is 23.9 Å². The number of likely N-dealkylation sites (tertiary alicyclic amines) is 2. The minimum absolute atomic E-state index is 0.0609. The second-order valence-electron chi connectivity index (χ2n) is 16.3. The molecule has 61 heavy (non-hydrogen) atoms. The highest BCUT2D eigenvalue weighted by Gasteiger charge is 2.41. The molecule has 4 aliphatic heterocycles. The summed E-state index contributed by atoms with van der Waals surface area (Å²) in [4.78, 5) is 71.8. The van der Waals surface area contributed by atoms with Crippen LogP contribution >= 0.6 is 0 Å². The van der Waals surface area contributed by atoms with E-state index in [1.54, 1.807) is 23.4 Å². The van der Waals surface area contributed by atoms with Gasteiger partial charge in [0, 0.05) is 49.4 Å². The van der Waals surface area contributed by atoms with Gasteiger partial charge in [-0.1, -0.05) is 20.3 Å². The van der Waals surface area contributed by atoms with Crippen LogP contribution in [0.2, 0.25) is 0 Å². The van der Waals surface area contributed by atoms with E-state index in [2.05, 4.69) is 25.6 Å². The number of hydrogen-bond acceptors (Lipinski definition) is 10. The van der Waals surface area contributed by atoms with Crippen molar-refractivity contribution in [3.8, 4) is 34.0 Å². The number of carbonyl (C=O) groups excluding carboxylic acids is 4. The molecule has 0 unspecified atom stereocenters. The van der Waals surface area contributed by atoms with Crippen molar-refractivity contribution in [1.82, 2.24) is 40.4 Å². The minimum atomic E-state index is -0.751. The number of aromatic amines is 2. The lowest BCUT2D eigenvalue weighted by molar-refractivity contribution is -0.137. The average molecular weight is 841 g/mol. The summed E-state index contributed by atoms with van der Waals surface area (Å²) in [7, 11) is 2.56. The lowest BCUT2D eigenvalue weighted by atomic mass is 9.90. The Morgan fingerprint density at radius 3 is 2.13 bits per heavy atom. The van der Waals surface area contributed by atoms with Crippen molar-refractivity contribution < 1.29 is 42.5 Å². The van der Waals surface area contributed by atoms with Gasteiger partial charge in [-0.25, -0.2) is 23.9 Å². The Bertz CT molecular complexity index is 2270. The number of alkyl carbamates (subject to hydrolysis) is 2. The Hall–Kier alpha value is -5.97. The maximum atomic E-state index is 15.9. The highest BCUT2D eigenvalue weighted by molar-refractivity contribution is 5.87. The predicted molar refractivity (Wildman–Crippen MR) is 220 cm³/mol. The van der Waals surface area contributed by atoms with Crippen LogP contribution in [0.4, 0.5) is 14.0 Å². The maximum Gasteiger partial charge on any atom is 0.407 e. The number of halogens is 1. The first-order valence-corrected chi connectivity index (χ1v) is 21.2. The zero-order valence-electron chi connectivity index (χ0n) is 34.9. The molecule has 6 heterocycles. The molecule has 16 nitrogen and oxygen atoms in total. The fraction of sp³-hybridized carbons (Fsp3) is 0.500. The van der Waals surface area contributed by atoms with Crippen molar-refractivity contribution in [2.75, 3.05) is 40.5 Å². The van der Waals surface area contributed by atoms with Crippen LogP contribution in [-0.4, -0.2) is 106 Å². The molecule has 17 heteroatoms. The molecule has 8 rings (SSSR count). The number of imidazole rings is 2. The molecule has 324 valence electrons. The summed E-state index contributed by atoms with van der Waals surface area (Å²) in [6.45, 7) is 6.00. The summed E-state index contributed by atoms with van der Waals surface area (Å²) in [6, 6.07) is 6.88. The molecule has 4 amide bonds. The third kappa shape index (κ3) is 8.52. The number of methoxy groups -OCH3 is 2. The number of ether oxygens (including phenoxy) is 4. The number of nitrogens with one attached hydrogen (secondary N) is 4. The van der Waals surface area contributed by atoms with E-state index in [9.17, 15) is 19.2 Å². The number of aromatic nitrogens is 4. The summed E-state index contributed by atoms with van der Waals surface area (Å²) in [5, 5.41) is 5.50. The molecule has 0 aliphatic carbocycles. The lowest BCUT2D eigenvalue weighted by Crippen LogP contribution is -2.53. The van der Waals surface area contributed by atoms with Crippen molar-refractivity contribution in [2.45, 2.75) is 89.4 Å². The highest BCUT2D eigenvalue weighted by Crippen LogP contribution is 2.42. The van der Waals surface area contributed by atoms with E-state index >= 15 is 4.39 Å². The van der Waals surface area contributed by atoms with E-state index in [1.165, 1.54) is 20.3 Å². The SMILES string of the molecule is CC[C@H](C)[C@H](NC(=O)OC)C(=O)N1CCC[C@H]1c1ncc(-c2cc3c(cc2F)Cc2cc(-c4cnc([C@@H]5CCCN5C(=O)[C@@H](NC(=O)OC)C5CCOCC5)[nH]4)ccc2O3)[nH]1. The predicted octanol–water partition coefficient (Wildman–Crippen LogP) is 6.55. The number of fused-ring (bicyclic) bond motifs is 2. The number of nitrogens with zero attached hydrogens (tertiary/aromatic N) is 4. The van der Waals surface area contributed by atoms with Gasteiger partial charge in [0.2, 0.25) is 11.8 Å². The van der Waals surface area contributed by atoms with Gasteiger partial charge in [-0.3, -0.25) is 9.59 Å². The Labute approximate surface area is 353 Å². The second kappa shape index (κ2) is 17.9. The van der Waals surface area contributed by atoms with Crippen LogP contribution in [0.15, 0.2) is 42.7 Å². The second-order valence-corrected chi connectivity index (χ2v) is 16.3. The summed E-state index contributed by atoms with van der Waals surface area (Å²) in [5.41, 5.74) is 3.96. The molecule has 2 aromatic heterocycles. The van der Waals surface area contributed by atoms with Crippen LogP contribution in [-0.2, 0) is 30.2 Å². The smallest absolute Gasteiger partial charge is 0.407 e. The van der Waals surface area contributed by atoms with Gasteiger partial charge in [0.25, 0.3) is 0 Å². The first-order chi connectivity index (χ1) is 29.6. The van der Waals surface area contributed by atoms with Crippen LogP contribution in [0.3, 0.4) is 0 Å². The van der Waals surface area contributed by atoms with Crippen molar-refractivity contribution in [1.29, 1.82) is 0 Å². The van der Waals surface area contributed by atoms with E-state index in [1.807, 2.05) is 36.9 Å². The summed E-state index contributed by atoms with van der Waals surface area (Å²) in [5.74, 6) is 1.42. The molecular weight excluding hydrogens is 788 g/mol. The first kappa shape index (κ1) is 41.8. The van der Waals surface area contributed by atoms with Gasteiger partial charge in [0.05, 0.1) is 50.1 Å². The molecule has 0 spiro atoms. The zero-order chi connectivity index (χ0) is 42.8. The molecule has 4 N–H and O–H groups in total. The number of rotatable bonds is 11. The van der Waals surface area contributed by atoms with E-state index < -0.39 is 30.1 Å². The van der Waals surface area contributed by atoms with Crippen LogP contribution < -0.4 is 15.4 Å². The average Bonchev–Trinajstić information content (AvgIpc) is 4.13. The van der Waals surface area contributed by atoms with Crippen LogP contribution in [0.1, 0.15) is 93.7 Å². The zero-order valence-corrected chi connectivity index (χ0v) is 34.9. The summed E-state index contributed by atoms with van der Waals surface area (Å²) in [6.07, 6.45) is 7.45. The Morgan fingerprint density at radius 1 is 0.836 bits per heavy atom. The van der Waals surface area contributed by atoms with Crippen LogP contribution in [0.25, 0.3) is 22.5 Å². The minimum Gasteiger partial charge on any atom is -0.457 e. The van der Waals surface area contributed by atoms with Gasteiger partial charge in [-0.05, 0) is 86.3 Å². The Balaban J connectivity index is 0.962. The molecule has 5 atom stereocenters. The molecule has 0 bridgehead atoms. The molecule has 4 aliphatic rings. The standard InChI is InChI=1S/C44H53FN8O8/c1-5-24(2)37(50-43(56)58-3)41(54)52-14-6-9-34(52)40-47-23-32(49-40)29-21-36-28(20-30(29)45)19-27-18-26(10-11-35(27)61-36)31-22-46-39(48-31)33-8-7-15-53(33)42(55)38(51-44(57)59-4)25-12-16-60-17-13-25/h10-11,18,20-25,33-34,37-38H,5-9,12-17,19H2,1-4H3,(H,46,48)(H,47,49)(H,50,56)(H,51,57)/t24-,33-,34-,37-,38-/m0/s1. The van der Waals surface area contributed by atoms with Gasteiger partial charge in [-0.2, -0.15) is 0 Å². The summed E-state index contributed by atoms with van der Waals surface area (Å²) < 4.78 is 37.5. The van der Waals surface area contributed by atoms with Crippen molar-refractivity contribution in [3.05, 3.63) is 71.3 Å².